The van der Waals surface area contributed by atoms with E-state index < -0.39 is 21.9 Å². The Hall–Kier alpha value is -4.23. The zero-order chi connectivity index (χ0) is 30.7. The molecule has 0 bridgehead atoms. The van der Waals surface area contributed by atoms with Crippen LogP contribution in [0.2, 0.25) is 0 Å². The number of nitriles is 1. The molecule has 1 aliphatic rings. The Morgan fingerprint density at radius 1 is 0.533 bits per heavy atom. The summed E-state index contributed by atoms with van der Waals surface area (Å²) in [6, 6.07) is 64.1. The van der Waals surface area contributed by atoms with Crippen molar-refractivity contribution < 1.29 is 4.57 Å². The number of fused-ring (bicyclic) bond motifs is 1. The molecule has 0 saturated carbocycles. The molecule has 6 aromatic rings. The minimum absolute atomic E-state index is 0.241. The van der Waals surface area contributed by atoms with Crippen LogP contribution in [0.5, 0.6) is 0 Å². The highest BCUT2D eigenvalue weighted by Gasteiger charge is 2.62. The Kier molecular flexibility index (Phi) is 8.28. The molecule has 0 saturated heterocycles. The minimum Gasteiger partial charge on any atom is -0.321 e. The Morgan fingerprint density at radius 3 is 1.29 bits per heavy atom. The van der Waals surface area contributed by atoms with Gasteiger partial charge in [0.2, 0.25) is 0 Å². The zero-order valence-electron chi connectivity index (χ0n) is 24.7. The second kappa shape index (κ2) is 12.6. The molecule has 1 unspecified atom stereocenters. The summed E-state index contributed by atoms with van der Waals surface area (Å²) in [4.78, 5) is 0. The fourth-order valence-electron chi connectivity index (χ4n) is 7.28. The molecule has 1 aliphatic heterocycles. The fraction of sp³-hybridized carbons (Fsp3) is 0.0500. The van der Waals surface area contributed by atoms with Gasteiger partial charge in [0.25, 0.3) is 0 Å². The van der Waals surface area contributed by atoms with Crippen LogP contribution in [0.15, 0.2) is 176 Å². The molecule has 0 aromatic heterocycles. The molecule has 0 spiro atoms. The molecular formula is C40H33NOP3+. The monoisotopic (exact) mass is 636 g/mol. The highest BCUT2D eigenvalue weighted by Crippen LogP contribution is 2.86. The van der Waals surface area contributed by atoms with Gasteiger partial charge in [-0.05, 0) is 59.5 Å². The van der Waals surface area contributed by atoms with Gasteiger partial charge >= 0.3 is 0 Å². The molecule has 0 radical (unpaired) electrons. The van der Waals surface area contributed by atoms with E-state index in [0.717, 1.165) is 21.7 Å². The third kappa shape index (κ3) is 4.80. The summed E-state index contributed by atoms with van der Waals surface area (Å²) < 4.78 is 16.1. The van der Waals surface area contributed by atoms with Crippen molar-refractivity contribution in [3.05, 3.63) is 187 Å². The number of benzene rings is 6. The molecule has 6 aromatic carbocycles. The molecule has 45 heavy (non-hydrogen) atoms. The third-order valence-electron chi connectivity index (χ3n) is 9.04. The normalized spacial score (nSPS) is 17.6. The highest BCUT2D eigenvalue weighted by molar-refractivity contribution is 8.02. The van der Waals surface area contributed by atoms with Crippen LogP contribution >= 0.6 is 21.9 Å². The minimum atomic E-state index is -2.65. The van der Waals surface area contributed by atoms with Crippen molar-refractivity contribution in [1.29, 1.82) is 5.26 Å². The lowest BCUT2D eigenvalue weighted by Gasteiger charge is -2.35. The first kappa shape index (κ1) is 29.5. The van der Waals surface area contributed by atoms with E-state index in [1.807, 2.05) is 42.2 Å². The SMILES string of the molecule is N#CC=P(c1ccccc1)(c1ccccc1)[C@@H]1c2ccccc2[C@@H]([P+](c2ccccc2)(c2ccccc2)c2ccccc2)[PH]1=O. The van der Waals surface area contributed by atoms with Gasteiger partial charge in [-0.3, -0.25) is 0 Å². The molecule has 5 heteroatoms. The van der Waals surface area contributed by atoms with E-state index >= 15 is 4.57 Å². The van der Waals surface area contributed by atoms with Crippen LogP contribution in [0.3, 0.4) is 0 Å². The number of rotatable bonds is 7. The van der Waals surface area contributed by atoms with Gasteiger partial charge in [0.05, 0.1) is 11.5 Å². The first-order chi connectivity index (χ1) is 22.2. The van der Waals surface area contributed by atoms with E-state index in [4.69, 9.17) is 0 Å². The molecule has 7 rings (SSSR count). The van der Waals surface area contributed by atoms with Crippen LogP contribution in [0.4, 0.5) is 0 Å². The predicted octanol–water partition coefficient (Wildman–Crippen LogP) is 8.25. The quantitative estimate of drug-likeness (QED) is 0.166. The lowest BCUT2D eigenvalue weighted by Crippen LogP contribution is -2.34. The van der Waals surface area contributed by atoms with Crippen LogP contribution in [-0.4, -0.2) is 5.80 Å². The van der Waals surface area contributed by atoms with Crippen LogP contribution in [0.1, 0.15) is 21.9 Å². The molecule has 0 fully saturated rings. The summed E-state index contributed by atoms with van der Waals surface area (Å²) in [5, 5.41) is 15.8. The molecule has 0 N–H and O–H groups in total. The van der Waals surface area contributed by atoms with Crippen LogP contribution in [-0.2, 0) is 4.57 Å². The maximum absolute atomic E-state index is 16.1. The summed E-state index contributed by atoms with van der Waals surface area (Å²) >= 11 is 0. The maximum atomic E-state index is 16.1. The Morgan fingerprint density at radius 2 is 0.889 bits per heavy atom. The lowest BCUT2D eigenvalue weighted by molar-refractivity contribution is 0.587. The standard InChI is InChI=1S/C40H33NOP3/c41-30-31-44(32-18-6-1-7-19-32,33-20-8-2-9-21-33)39-37-28-16-17-29-38(37)40(43(39)42)45(34-22-10-3-11-23-34,35-24-12-4-13-25-35)36-26-14-5-15-27-36/h1-29,31,39-40,43H/q+1/t39-,40-/m1/s1. The third-order valence-corrected chi connectivity index (χ3v) is 23.0. The Balaban J connectivity index is 1.61. The van der Waals surface area contributed by atoms with Crippen LogP contribution in [0, 0.1) is 11.3 Å². The van der Waals surface area contributed by atoms with Gasteiger partial charge in [-0.15, -0.1) is 0 Å². The number of hydrogen-bond acceptors (Lipinski definition) is 2. The number of hydrogen-bond donors (Lipinski definition) is 0. The molecule has 0 aliphatic carbocycles. The molecule has 2 nitrogen and oxygen atoms in total. The summed E-state index contributed by atoms with van der Waals surface area (Å²) in [5.74, 6) is 1.86. The number of nitrogens with zero attached hydrogens (tertiary/aromatic N) is 1. The van der Waals surface area contributed by atoms with Gasteiger partial charge in [0.15, 0.2) is 5.40 Å². The first-order valence-corrected chi connectivity index (χ1v) is 20.5. The van der Waals surface area contributed by atoms with E-state index in [1.165, 1.54) is 15.9 Å². The highest BCUT2D eigenvalue weighted by atomic mass is 31.2. The van der Waals surface area contributed by atoms with Gasteiger partial charge in [-0.25, -0.2) is 0 Å². The Bertz CT molecular complexity index is 1900. The second-order valence-corrected chi connectivity index (χ2v) is 21.1. The van der Waals surface area contributed by atoms with Crippen LogP contribution in [0.25, 0.3) is 0 Å². The summed E-state index contributed by atoms with van der Waals surface area (Å²) in [5.41, 5.74) is 2.27. The second-order valence-electron chi connectivity index (χ2n) is 11.3. The maximum Gasteiger partial charge on any atom is 0.159 e. The lowest BCUT2D eigenvalue weighted by atomic mass is 10.1. The van der Waals surface area contributed by atoms with Crippen molar-refractivity contribution in [1.82, 2.24) is 0 Å². The summed E-state index contributed by atoms with van der Waals surface area (Å²) in [6.45, 7) is -2.65. The van der Waals surface area contributed by atoms with Gasteiger partial charge in [-0.1, -0.05) is 140 Å². The van der Waals surface area contributed by atoms with E-state index in [1.54, 1.807) is 0 Å². The van der Waals surface area contributed by atoms with E-state index in [9.17, 15) is 5.26 Å². The molecular weight excluding hydrogens is 603 g/mol. The average Bonchev–Trinajstić information content (AvgIpc) is 3.42. The van der Waals surface area contributed by atoms with Crippen molar-refractivity contribution in [3.8, 4) is 6.07 Å². The average molecular weight is 637 g/mol. The largest absolute Gasteiger partial charge is 0.321 e. The van der Waals surface area contributed by atoms with Crippen molar-refractivity contribution in [2.45, 2.75) is 10.8 Å². The molecule has 3 atom stereocenters. The first-order valence-electron chi connectivity index (χ1n) is 15.1. The van der Waals surface area contributed by atoms with Gasteiger partial charge < -0.3 is 4.57 Å². The zero-order valence-corrected chi connectivity index (χ0v) is 27.5. The van der Waals surface area contributed by atoms with E-state index in [0.29, 0.717) is 0 Å². The molecule has 0 amide bonds. The predicted molar refractivity (Wildman–Crippen MR) is 197 cm³/mol. The van der Waals surface area contributed by atoms with E-state index in [-0.39, 0.29) is 10.8 Å². The van der Waals surface area contributed by atoms with Gasteiger partial charge in [0, 0.05) is 11.4 Å². The van der Waals surface area contributed by atoms with Crippen molar-refractivity contribution >= 4 is 54.3 Å². The Labute approximate surface area is 267 Å². The van der Waals surface area contributed by atoms with Crippen molar-refractivity contribution in [2.75, 3.05) is 0 Å². The fourth-order valence-corrected chi connectivity index (χ4v) is 23.5. The van der Waals surface area contributed by atoms with Crippen molar-refractivity contribution in [2.24, 2.45) is 0 Å². The molecule has 1 heterocycles. The van der Waals surface area contributed by atoms with Gasteiger partial charge in [-0.2, -0.15) is 5.26 Å². The summed E-state index contributed by atoms with van der Waals surface area (Å²) in [6.07, 6.45) is 0. The summed E-state index contributed by atoms with van der Waals surface area (Å²) in [7, 11) is -5.04. The smallest absolute Gasteiger partial charge is 0.159 e. The van der Waals surface area contributed by atoms with Gasteiger partial charge in [0.1, 0.15) is 31.0 Å². The topological polar surface area (TPSA) is 40.9 Å². The van der Waals surface area contributed by atoms with Crippen LogP contribution < -0.4 is 26.5 Å². The van der Waals surface area contributed by atoms with Crippen molar-refractivity contribution in [3.63, 3.8) is 0 Å². The van der Waals surface area contributed by atoms with E-state index in [2.05, 4.69) is 146 Å². The molecule has 218 valence electrons.